The summed E-state index contributed by atoms with van der Waals surface area (Å²) in [4.78, 5) is 12.6. The maximum atomic E-state index is 12.6. The molecule has 1 N–H and O–H groups in total. The van der Waals surface area contributed by atoms with E-state index in [1.807, 2.05) is 25.1 Å². The molecule has 0 spiro atoms. The maximum absolute atomic E-state index is 12.6. The Bertz CT molecular complexity index is 634. The fourth-order valence-corrected chi connectivity index (χ4v) is 3.61. The van der Waals surface area contributed by atoms with Crippen molar-refractivity contribution in [2.45, 2.75) is 77.9 Å². The Morgan fingerprint density at radius 1 is 1.08 bits per heavy atom. The van der Waals surface area contributed by atoms with Gasteiger partial charge in [0.2, 0.25) is 5.91 Å². The van der Waals surface area contributed by atoms with Crippen LogP contribution in [0.25, 0.3) is 0 Å². The van der Waals surface area contributed by atoms with Crippen molar-refractivity contribution in [3.8, 4) is 0 Å². The lowest BCUT2D eigenvalue weighted by Gasteiger charge is -2.32. The first-order chi connectivity index (χ1) is 11.7. The molecular formula is C20H30BNO3. The molecule has 0 radical (unpaired) electrons. The lowest BCUT2D eigenvalue weighted by Crippen LogP contribution is -2.41. The molecule has 5 heteroatoms. The molecule has 1 aromatic carbocycles. The molecule has 0 unspecified atom stereocenters. The van der Waals surface area contributed by atoms with Crippen LogP contribution in [0.4, 0.5) is 5.69 Å². The third-order valence-corrected chi connectivity index (χ3v) is 6.12. The van der Waals surface area contributed by atoms with Crippen LogP contribution in [0.1, 0.15) is 65.4 Å². The molecule has 3 rings (SSSR count). The van der Waals surface area contributed by atoms with Gasteiger partial charge in [0.1, 0.15) is 0 Å². The summed E-state index contributed by atoms with van der Waals surface area (Å²) in [7, 11) is -0.406. The van der Waals surface area contributed by atoms with Crippen LogP contribution in [0.3, 0.4) is 0 Å². The zero-order chi connectivity index (χ0) is 18.2. The van der Waals surface area contributed by atoms with Gasteiger partial charge in [-0.25, -0.2) is 0 Å². The molecule has 1 aliphatic heterocycles. The number of carbonyl (C=O) groups excluding carboxylic acids is 1. The minimum atomic E-state index is -0.406. The van der Waals surface area contributed by atoms with Gasteiger partial charge in [-0.3, -0.25) is 4.79 Å². The van der Waals surface area contributed by atoms with Gasteiger partial charge in [0.15, 0.2) is 0 Å². The molecule has 0 aromatic heterocycles. The SMILES string of the molecule is Cc1c(NC(=O)C2CCCCC2)cccc1B1OC(C)(C)C(C)(C)O1. The minimum absolute atomic E-state index is 0.147. The van der Waals surface area contributed by atoms with Crippen molar-refractivity contribution >= 4 is 24.2 Å². The molecule has 1 saturated carbocycles. The number of amides is 1. The van der Waals surface area contributed by atoms with E-state index in [1.54, 1.807) is 0 Å². The Morgan fingerprint density at radius 3 is 2.28 bits per heavy atom. The van der Waals surface area contributed by atoms with Crippen molar-refractivity contribution in [3.05, 3.63) is 23.8 Å². The first kappa shape index (κ1) is 18.5. The molecule has 1 aliphatic carbocycles. The first-order valence-electron chi connectivity index (χ1n) is 9.47. The molecule has 1 amide bonds. The molecule has 2 fully saturated rings. The largest absolute Gasteiger partial charge is 0.495 e. The van der Waals surface area contributed by atoms with E-state index in [9.17, 15) is 4.79 Å². The van der Waals surface area contributed by atoms with Crippen LogP contribution in [0.2, 0.25) is 0 Å². The van der Waals surface area contributed by atoms with Crippen molar-refractivity contribution in [1.82, 2.24) is 0 Å². The summed E-state index contributed by atoms with van der Waals surface area (Å²) in [5, 5.41) is 3.14. The number of hydrogen-bond donors (Lipinski definition) is 1. The van der Waals surface area contributed by atoms with Gasteiger partial charge in [0.25, 0.3) is 0 Å². The summed E-state index contributed by atoms with van der Waals surface area (Å²) in [6.07, 6.45) is 5.57. The first-order valence-corrected chi connectivity index (χ1v) is 9.47. The Hall–Kier alpha value is -1.33. The highest BCUT2D eigenvalue weighted by molar-refractivity contribution is 6.62. The number of anilines is 1. The molecule has 0 bridgehead atoms. The number of nitrogens with one attached hydrogen (secondary N) is 1. The number of benzene rings is 1. The molecule has 25 heavy (non-hydrogen) atoms. The summed E-state index contributed by atoms with van der Waals surface area (Å²) in [5.41, 5.74) is 2.13. The van der Waals surface area contributed by atoms with E-state index in [0.717, 1.165) is 42.4 Å². The van der Waals surface area contributed by atoms with Crippen molar-refractivity contribution in [1.29, 1.82) is 0 Å². The maximum Gasteiger partial charge on any atom is 0.495 e. The quantitative estimate of drug-likeness (QED) is 0.849. The highest BCUT2D eigenvalue weighted by atomic mass is 16.7. The summed E-state index contributed by atoms with van der Waals surface area (Å²) in [6.45, 7) is 10.2. The molecular weight excluding hydrogens is 313 g/mol. The molecule has 4 nitrogen and oxygen atoms in total. The summed E-state index contributed by atoms with van der Waals surface area (Å²) in [5.74, 6) is 0.294. The second-order valence-corrected chi connectivity index (χ2v) is 8.43. The van der Waals surface area contributed by atoms with Crippen LogP contribution in [-0.4, -0.2) is 24.2 Å². The van der Waals surface area contributed by atoms with Gasteiger partial charge in [-0.2, -0.15) is 0 Å². The van der Waals surface area contributed by atoms with Crippen LogP contribution in [0, 0.1) is 12.8 Å². The van der Waals surface area contributed by atoms with Crippen LogP contribution in [-0.2, 0) is 14.1 Å². The number of carbonyl (C=O) groups is 1. The molecule has 0 atom stereocenters. The highest BCUT2D eigenvalue weighted by Gasteiger charge is 2.52. The zero-order valence-corrected chi connectivity index (χ0v) is 16.1. The van der Waals surface area contributed by atoms with Crippen molar-refractivity contribution in [3.63, 3.8) is 0 Å². The van der Waals surface area contributed by atoms with Gasteiger partial charge in [-0.15, -0.1) is 0 Å². The fourth-order valence-electron chi connectivity index (χ4n) is 3.61. The normalized spacial score (nSPS) is 22.8. The van der Waals surface area contributed by atoms with E-state index in [1.165, 1.54) is 6.42 Å². The van der Waals surface area contributed by atoms with E-state index < -0.39 is 7.12 Å². The van der Waals surface area contributed by atoms with Gasteiger partial charge >= 0.3 is 7.12 Å². The molecule has 1 heterocycles. The fraction of sp³-hybridized carbons (Fsp3) is 0.650. The van der Waals surface area contributed by atoms with Crippen LogP contribution < -0.4 is 10.8 Å². The van der Waals surface area contributed by atoms with Crippen molar-refractivity contribution < 1.29 is 14.1 Å². The Balaban J connectivity index is 1.78. The lowest BCUT2D eigenvalue weighted by molar-refractivity contribution is -0.120. The van der Waals surface area contributed by atoms with E-state index >= 15 is 0 Å². The van der Waals surface area contributed by atoms with E-state index in [-0.39, 0.29) is 23.0 Å². The van der Waals surface area contributed by atoms with Gasteiger partial charge in [-0.1, -0.05) is 31.4 Å². The topological polar surface area (TPSA) is 47.6 Å². The van der Waals surface area contributed by atoms with Gasteiger partial charge in [0.05, 0.1) is 11.2 Å². The standard InChI is InChI=1S/C20H30BNO3/c1-14-16(21-24-19(2,3)20(4,5)25-21)12-9-13-17(14)22-18(23)15-10-7-6-8-11-15/h9,12-13,15H,6-8,10-11H2,1-5H3,(H,22,23). The van der Waals surface area contributed by atoms with Gasteiger partial charge in [0, 0.05) is 11.6 Å². The lowest BCUT2D eigenvalue weighted by atomic mass is 9.76. The number of hydrogen-bond acceptors (Lipinski definition) is 3. The average Bonchev–Trinajstić information content (AvgIpc) is 2.78. The van der Waals surface area contributed by atoms with Crippen molar-refractivity contribution in [2.75, 3.05) is 5.32 Å². The van der Waals surface area contributed by atoms with E-state index in [0.29, 0.717) is 0 Å². The summed E-state index contributed by atoms with van der Waals surface area (Å²) in [6, 6.07) is 5.95. The van der Waals surface area contributed by atoms with Crippen LogP contribution >= 0.6 is 0 Å². The highest BCUT2D eigenvalue weighted by Crippen LogP contribution is 2.37. The van der Waals surface area contributed by atoms with Gasteiger partial charge < -0.3 is 14.6 Å². The smallest absolute Gasteiger partial charge is 0.399 e. The second-order valence-electron chi connectivity index (χ2n) is 8.43. The monoisotopic (exact) mass is 343 g/mol. The zero-order valence-electron chi connectivity index (χ0n) is 16.1. The van der Waals surface area contributed by atoms with Crippen molar-refractivity contribution in [2.24, 2.45) is 5.92 Å². The predicted octanol–water partition coefficient (Wildman–Crippen LogP) is 3.81. The third kappa shape index (κ3) is 3.63. The second kappa shape index (κ2) is 6.77. The predicted molar refractivity (Wildman–Crippen MR) is 102 cm³/mol. The van der Waals surface area contributed by atoms with Gasteiger partial charge in [-0.05, 0) is 64.6 Å². The van der Waals surface area contributed by atoms with E-state index in [4.69, 9.17) is 9.31 Å². The molecule has 2 aliphatic rings. The van der Waals surface area contributed by atoms with Crippen LogP contribution in [0.5, 0.6) is 0 Å². The Morgan fingerprint density at radius 2 is 1.68 bits per heavy atom. The number of rotatable bonds is 3. The van der Waals surface area contributed by atoms with Crippen LogP contribution in [0.15, 0.2) is 18.2 Å². The van der Waals surface area contributed by atoms with E-state index in [2.05, 4.69) is 33.0 Å². The molecule has 1 aromatic rings. The summed E-state index contributed by atoms with van der Waals surface area (Å²) >= 11 is 0. The minimum Gasteiger partial charge on any atom is -0.399 e. The Labute approximate surface area is 151 Å². The molecule has 136 valence electrons. The molecule has 1 saturated heterocycles. The summed E-state index contributed by atoms with van der Waals surface area (Å²) < 4.78 is 12.3. The Kier molecular flexibility index (Phi) is 5.00. The third-order valence-electron chi connectivity index (χ3n) is 6.12. The average molecular weight is 343 g/mol.